The van der Waals surface area contributed by atoms with E-state index in [2.05, 4.69) is 32.1 Å². The molecule has 0 saturated carbocycles. The highest BCUT2D eigenvalue weighted by molar-refractivity contribution is 7.98. The fourth-order valence-electron chi connectivity index (χ4n) is 1.78. The lowest BCUT2D eigenvalue weighted by Crippen LogP contribution is -2.02. The highest BCUT2D eigenvalue weighted by atomic mass is 32.2. The highest BCUT2D eigenvalue weighted by Crippen LogP contribution is 2.34. The molecule has 0 fully saturated rings. The van der Waals surface area contributed by atoms with Crippen molar-refractivity contribution in [1.82, 2.24) is 9.97 Å². The van der Waals surface area contributed by atoms with Crippen LogP contribution in [-0.4, -0.2) is 17.0 Å². The van der Waals surface area contributed by atoms with E-state index in [9.17, 15) is 0 Å². The Morgan fingerprint density at radius 1 is 1.31 bits per heavy atom. The highest BCUT2D eigenvalue weighted by Gasteiger charge is 2.19. The molecule has 0 saturated heterocycles. The molecular formula is C11H11N3S2. The van der Waals surface area contributed by atoms with E-state index in [0.29, 0.717) is 0 Å². The standard InChI is InChI=1S/C11H11N3S2/c1-12-11-8-5-16-6-9(8)13-10(14-11)7-2-3-15-4-7/h2-4H,5-6H2,1H3,(H,12,13,14). The summed E-state index contributed by atoms with van der Waals surface area (Å²) >= 11 is 3.57. The predicted octanol–water partition coefficient (Wildman–Crippen LogP) is 2.99. The number of nitrogens with one attached hydrogen (secondary N) is 1. The first-order valence-electron chi connectivity index (χ1n) is 5.06. The van der Waals surface area contributed by atoms with Crippen LogP contribution in [0.1, 0.15) is 11.3 Å². The van der Waals surface area contributed by atoms with Gasteiger partial charge in [-0.25, -0.2) is 9.97 Å². The first-order chi connectivity index (χ1) is 7.88. The topological polar surface area (TPSA) is 37.8 Å². The zero-order chi connectivity index (χ0) is 11.0. The molecule has 0 aliphatic carbocycles. The van der Waals surface area contributed by atoms with E-state index in [4.69, 9.17) is 0 Å². The van der Waals surface area contributed by atoms with Crippen molar-refractivity contribution in [3.63, 3.8) is 0 Å². The third-order valence-corrected chi connectivity index (χ3v) is 4.25. The van der Waals surface area contributed by atoms with Gasteiger partial charge in [0.05, 0.1) is 5.69 Å². The van der Waals surface area contributed by atoms with Crippen molar-refractivity contribution in [2.45, 2.75) is 11.5 Å². The van der Waals surface area contributed by atoms with Gasteiger partial charge in [-0.2, -0.15) is 23.1 Å². The van der Waals surface area contributed by atoms with E-state index >= 15 is 0 Å². The number of hydrogen-bond donors (Lipinski definition) is 1. The van der Waals surface area contributed by atoms with E-state index in [0.717, 1.165) is 28.7 Å². The smallest absolute Gasteiger partial charge is 0.162 e. The Balaban J connectivity index is 2.15. The number of thiophene rings is 1. The minimum Gasteiger partial charge on any atom is -0.373 e. The van der Waals surface area contributed by atoms with Crippen molar-refractivity contribution in [3.8, 4) is 11.4 Å². The second kappa shape index (κ2) is 4.07. The molecule has 2 aromatic heterocycles. The van der Waals surface area contributed by atoms with Crippen LogP contribution >= 0.6 is 23.1 Å². The normalized spacial score (nSPS) is 13.8. The van der Waals surface area contributed by atoms with E-state index in [1.807, 2.05) is 18.8 Å². The van der Waals surface area contributed by atoms with Gasteiger partial charge in [-0.15, -0.1) is 0 Å². The van der Waals surface area contributed by atoms with Crippen LogP contribution in [0.5, 0.6) is 0 Å². The van der Waals surface area contributed by atoms with Crippen LogP contribution in [-0.2, 0) is 11.5 Å². The second-order valence-corrected chi connectivity index (χ2v) is 5.34. The molecule has 82 valence electrons. The largest absolute Gasteiger partial charge is 0.373 e. The van der Waals surface area contributed by atoms with Crippen molar-refractivity contribution in [2.24, 2.45) is 0 Å². The molecule has 0 radical (unpaired) electrons. The summed E-state index contributed by atoms with van der Waals surface area (Å²) in [5.41, 5.74) is 3.57. The van der Waals surface area contributed by atoms with Crippen LogP contribution in [0.2, 0.25) is 0 Å². The molecular weight excluding hydrogens is 238 g/mol. The molecule has 5 heteroatoms. The average Bonchev–Trinajstić information content (AvgIpc) is 2.97. The Kier molecular flexibility index (Phi) is 2.57. The Hall–Kier alpha value is -1.07. The Morgan fingerprint density at radius 3 is 3.00 bits per heavy atom. The van der Waals surface area contributed by atoms with Crippen molar-refractivity contribution < 1.29 is 0 Å². The van der Waals surface area contributed by atoms with E-state index in [1.165, 1.54) is 11.3 Å². The molecule has 0 spiro atoms. The summed E-state index contributed by atoms with van der Waals surface area (Å²) < 4.78 is 0. The number of thioether (sulfide) groups is 1. The third kappa shape index (κ3) is 1.60. The van der Waals surface area contributed by atoms with Crippen LogP contribution in [0.15, 0.2) is 16.8 Å². The van der Waals surface area contributed by atoms with Crippen LogP contribution in [0.3, 0.4) is 0 Å². The lowest BCUT2D eigenvalue weighted by molar-refractivity contribution is 1.07. The number of aromatic nitrogens is 2. The van der Waals surface area contributed by atoms with Gasteiger partial charge in [0.25, 0.3) is 0 Å². The number of nitrogens with zero attached hydrogens (tertiary/aromatic N) is 2. The fraction of sp³-hybridized carbons (Fsp3) is 0.273. The number of anilines is 1. The quantitative estimate of drug-likeness (QED) is 0.888. The second-order valence-electron chi connectivity index (χ2n) is 3.58. The van der Waals surface area contributed by atoms with Crippen LogP contribution in [0.4, 0.5) is 5.82 Å². The van der Waals surface area contributed by atoms with Crippen LogP contribution in [0, 0.1) is 0 Å². The van der Waals surface area contributed by atoms with Crippen LogP contribution < -0.4 is 5.32 Å². The zero-order valence-corrected chi connectivity index (χ0v) is 10.5. The molecule has 0 aromatic carbocycles. The van der Waals surface area contributed by atoms with Gasteiger partial charge in [0.15, 0.2) is 5.82 Å². The SMILES string of the molecule is CNc1nc(-c2ccsc2)nc2c1CSC2. The summed E-state index contributed by atoms with van der Waals surface area (Å²) in [5, 5.41) is 7.31. The van der Waals surface area contributed by atoms with Gasteiger partial charge in [-0.3, -0.25) is 0 Å². The van der Waals surface area contributed by atoms with Crippen LogP contribution in [0.25, 0.3) is 11.4 Å². The first kappa shape index (κ1) is 10.1. The molecule has 0 atom stereocenters. The molecule has 3 nitrogen and oxygen atoms in total. The van der Waals surface area contributed by atoms with Gasteiger partial charge in [0.1, 0.15) is 5.82 Å². The van der Waals surface area contributed by atoms with Gasteiger partial charge in [0, 0.05) is 35.1 Å². The third-order valence-electron chi connectivity index (χ3n) is 2.59. The minimum absolute atomic E-state index is 0.840. The van der Waals surface area contributed by atoms with Gasteiger partial charge in [-0.05, 0) is 11.4 Å². The molecule has 3 heterocycles. The summed E-state index contributed by atoms with van der Waals surface area (Å²) in [6.45, 7) is 0. The zero-order valence-electron chi connectivity index (χ0n) is 8.86. The Labute approximate surface area is 102 Å². The van der Waals surface area contributed by atoms with Crippen molar-refractivity contribution in [3.05, 3.63) is 28.1 Å². The lowest BCUT2D eigenvalue weighted by Gasteiger charge is -2.07. The van der Waals surface area contributed by atoms with Gasteiger partial charge in [0.2, 0.25) is 0 Å². The Bertz CT molecular complexity index is 508. The van der Waals surface area contributed by atoms with Gasteiger partial charge < -0.3 is 5.32 Å². The maximum absolute atomic E-state index is 4.64. The molecule has 2 aromatic rings. The predicted molar refractivity (Wildman–Crippen MR) is 69.9 cm³/mol. The number of rotatable bonds is 2. The van der Waals surface area contributed by atoms with E-state index in [-0.39, 0.29) is 0 Å². The van der Waals surface area contributed by atoms with Crippen molar-refractivity contribution in [2.75, 3.05) is 12.4 Å². The molecule has 0 amide bonds. The van der Waals surface area contributed by atoms with E-state index in [1.54, 1.807) is 11.3 Å². The lowest BCUT2D eigenvalue weighted by atomic mass is 10.2. The van der Waals surface area contributed by atoms with Crippen molar-refractivity contribution >= 4 is 28.9 Å². The van der Waals surface area contributed by atoms with Gasteiger partial charge in [-0.1, -0.05) is 0 Å². The monoisotopic (exact) mass is 249 g/mol. The minimum atomic E-state index is 0.840. The summed E-state index contributed by atoms with van der Waals surface area (Å²) in [6, 6.07) is 2.06. The number of hydrogen-bond acceptors (Lipinski definition) is 5. The molecule has 1 N–H and O–H groups in total. The maximum Gasteiger partial charge on any atom is 0.162 e. The van der Waals surface area contributed by atoms with E-state index < -0.39 is 0 Å². The summed E-state index contributed by atoms with van der Waals surface area (Å²) in [4.78, 5) is 9.22. The summed E-state index contributed by atoms with van der Waals surface area (Å²) in [7, 11) is 1.92. The molecule has 1 aliphatic heterocycles. The molecule has 0 bridgehead atoms. The Morgan fingerprint density at radius 2 is 2.25 bits per heavy atom. The summed E-state index contributed by atoms with van der Waals surface area (Å²) in [5.74, 6) is 3.85. The summed E-state index contributed by atoms with van der Waals surface area (Å²) in [6.07, 6.45) is 0. The number of fused-ring (bicyclic) bond motifs is 1. The average molecular weight is 249 g/mol. The van der Waals surface area contributed by atoms with Gasteiger partial charge >= 0.3 is 0 Å². The molecule has 1 aliphatic rings. The van der Waals surface area contributed by atoms with Crippen molar-refractivity contribution in [1.29, 1.82) is 0 Å². The molecule has 3 rings (SSSR count). The molecule has 0 unspecified atom stereocenters. The first-order valence-corrected chi connectivity index (χ1v) is 7.16. The maximum atomic E-state index is 4.64. The molecule has 16 heavy (non-hydrogen) atoms. The fourth-order valence-corrected chi connectivity index (χ4v) is 3.45.